The van der Waals surface area contributed by atoms with E-state index in [2.05, 4.69) is 0 Å². The van der Waals surface area contributed by atoms with E-state index in [0.717, 1.165) is 24.2 Å². The number of rotatable bonds is 4. The number of likely N-dealkylation sites (tertiary alicyclic amines) is 1. The first-order valence-corrected chi connectivity index (χ1v) is 10.0. The van der Waals surface area contributed by atoms with Crippen molar-refractivity contribution in [3.8, 4) is 5.75 Å². The van der Waals surface area contributed by atoms with Crippen molar-refractivity contribution in [2.75, 3.05) is 6.54 Å². The Morgan fingerprint density at radius 2 is 2.04 bits per heavy atom. The van der Waals surface area contributed by atoms with Gasteiger partial charge in [0.25, 0.3) is 0 Å². The molecule has 150 valence electrons. The first-order chi connectivity index (χ1) is 13.2. The van der Waals surface area contributed by atoms with Gasteiger partial charge in [0.1, 0.15) is 18.0 Å². The topological polar surface area (TPSA) is 51.7 Å². The van der Waals surface area contributed by atoms with Crippen molar-refractivity contribution in [3.63, 3.8) is 0 Å². The molecule has 5 nitrogen and oxygen atoms in total. The van der Waals surface area contributed by atoms with Crippen molar-refractivity contribution in [2.45, 2.75) is 51.9 Å². The monoisotopic (exact) mass is 422 g/mol. The molecule has 1 aromatic heterocycles. The third kappa shape index (κ3) is 5.30. The zero-order valence-electron chi connectivity index (χ0n) is 16.2. The van der Waals surface area contributed by atoms with Crippen molar-refractivity contribution in [2.24, 2.45) is 0 Å². The summed E-state index contributed by atoms with van der Waals surface area (Å²) in [5, 5.41) is 1.01. The SMILES string of the molecule is CC(C)(C)OC(=O)N1CCCC1c1cccc(COc2ccc(Cl)cc2Cl)n1. The van der Waals surface area contributed by atoms with Crippen LogP contribution in [0.15, 0.2) is 36.4 Å². The molecule has 7 heteroatoms. The number of aromatic nitrogens is 1. The van der Waals surface area contributed by atoms with Gasteiger partial charge in [0.2, 0.25) is 0 Å². The molecule has 1 aromatic carbocycles. The molecule has 1 atom stereocenters. The lowest BCUT2D eigenvalue weighted by Gasteiger charge is -2.28. The van der Waals surface area contributed by atoms with Crippen molar-refractivity contribution in [3.05, 3.63) is 57.8 Å². The molecular formula is C21H24Cl2N2O3. The van der Waals surface area contributed by atoms with E-state index in [4.69, 9.17) is 37.7 Å². The van der Waals surface area contributed by atoms with E-state index >= 15 is 0 Å². The molecule has 3 rings (SSSR count). The summed E-state index contributed by atoms with van der Waals surface area (Å²) in [4.78, 5) is 19.0. The Morgan fingerprint density at radius 3 is 2.75 bits per heavy atom. The first kappa shape index (κ1) is 20.7. The number of carbonyl (C=O) groups excluding carboxylic acids is 1. The minimum absolute atomic E-state index is 0.0890. The lowest BCUT2D eigenvalue weighted by molar-refractivity contribution is 0.0221. The molecule has 0 radical (unpaired) electrons. The molecule has 1 aliphatic rings. The molecule has 2 aromatic rings. The van der Waals surface area contributed by atoms with E-state index in [0.29, 0.717) is 22.3 Å². The van der Waals surface area contributed by atoms with E-state index in [1.165, 1.54) is 0 Å². The van der Waals surface area contributed by atoms with Gasteiger partial charge in [-0.2, -0.15) is 0 Å². The van der Waals surface area contributed by atoms with Gasteiger partial charge in [-0.1, -0.05) is 29.3 Å². The van der Waals surface area contributed by atoms with E-state index in [1.54, 1.807) is 23.1 Å². The summed E-state index contributed by atoms with van der Waals surface area (Å²) in [6.07, 6.45) is 1.48. The molecule has 0 aliphatic carbocycles. The highest BCUT2D eigenvalue weighted by Gasteiger charge is 2.34. The van der Waals surface area contributed by atoms with Crippen LogP contribution >= 0.6 is 23.2 Å². The fraction of sp³-hybridized carbons (Fsp3) is 0.429. The van der Waals surface area contributed by atoms with E-state index in [-0.39, 0.29) is 18.7 Å². The number of carbonyl (C=O) groups is 1. The molecule has 0 bridgehead atoms. The van der Waals surface area contributed by atoms with Crippen LogP contribution in [-0.4, -0.2) is 28.1 Å². The van der Waals surface area contributed by atoms with Crippen molar-refractivity contribution in [1.82, 2.24) is 9.88 Å². The Morgan fingerprint density at radius 1 is 1.25 bits per heavy atom. The molecule has 1 fully saturated rings. The van der Waals surface area contributed by atoms with Crippen LogP contribution in [0.3, 0.4) is 0 Å². The van der Waals surface area contributed by atoms with Crippen LogP contribution in [0.1, 0.15) is 51.0 Å². The lowest BCUT2D eigenvalue weighted by Crippen LogP contribution is -2.36. The predicted molar refractivity (Wildman–Crippen MR) is 110 cm³/mol. The summed E-state index contributed by atoms with van der Waals surface area (Å²) < 4.78 is 11.3. The first-order valence-electron chi connectivity index (χ1n) is 9.26. The molecule has 1 saturated heterocycles. The average molecular weight is 423 g/mol. The Hall–Kier alpha value is -1.98. The van der Waals surface area contributed by atoms with Crippen molar-refractivity contribution < 1.29 is 14.3 Å². The molecule has 0 N–H and O–H groups in total. The molecular weight excluding hydrogens is 399 g/mol. The normalized spacial score (nSPS) is 16.9. The quantitative estimate of drug-likeness (QED) is 0.602. The number of hydrogen-bond donors (Lipinski definition) is 0. The second-order valence-electron chi connectivity index (χ2n) is 7.75. The molecule has 28 heavy (non-hydrogen) atoms. The zero-order chi connectivity index (χ0) is 20.3. The Kier molecular flexibility index (Phi) is 6.36. The number of pyridine rings is 1. The van der Waals surface area contributed by atoms with E-state index < -0.39 is 5.60 Å². The van der Waals surface area contributed by atoms with Gasteiger partial charge in [-0.25, -0.2) is 4.79 Å². The van der Waals surface area contributed by atoms with Crippen LogP contribution in [-0.2, 0) is 11.3 Å². The van der Waals surface area contributed by atoms with Gasteiger partial charge in [-0.15, -0.1) is 0 Å². The van der Waals surface area contributed by atoms with Crippen LogP contribution in [0.25, 0.3) is 0 Å². The Bertz CT molecular complexity index is 852. The predicted octanol–water partition coefficient (Wildman–Crippen LogP) is 6.04. The minimum atomic E-state index is -0.523. The number of nitrogens with zero attached hydrogens (tertiary/aromatic N) is 2. The molecule has 1 amide bonds. The van der Waals surface area contributed by atoms with Crippen molar-refractivity contribution >= 4 is 29.3 Å². The average Bonchev–Trinajstić information content (AvgIpc) is 3.10. The summed E-state index contributed by atoms with van der Waals surface area (Å²) >= 11 is 12.1. The standard InChI is InChI=1S/C21H24Cl2N2O3/c1-21(2,3)28-20(26)25-11-5-8-18(25)17-7-4-6-15(24-17)13-27-19-10-9-14(22)12-16(19)23/h4,6-7,9-10,12,18H,5,8,11,13H2,1-3H3. The minimum Gasteiger partial charge on any atom is -0.486 e. The number of ether oxygens (including phenoxy) is 2. The van der Waals surface area contributed by atoms with Gasteiger partial charge in [0, 0.05) is 11.6 Å². The third-order valence-electron chi connectivity index (χ3n) is 4.32. The van der Waals surface area contributed by atoms with E-state index in [9.17, 15) is 4.79 Å². The largest absolute Gasteiger partial charge is 0.486 e. The summed E-state index contributed by atoms with van der Waals surface area (Å²) in [5.74, 6) is 0.550. The second kappa shape index (κ2) is 8.58. The zero-order valence-corrected chi connectivity index (χ0v) is 17.8. The smallest absolute Gasteiger partial charge is 0.410 e. The highest BCUT2D eigenvalue weighted by molar-refractivity contribution is 6.35. The van der Waals surface area contributed by atoms with Gasteiger partial charge in [-0.05, 0) is 63.9 Å². The summed E-state index contributed by atoms with van der Waals surface area (Å²) in [5.41, 5.74) is 1.08. The lowest BCUT2D eigenvalue weighted by atomic mass is 10.1. The summed E-state index contributed by atoms with van der Waals surface area (Å²) in [7, 11) is 0. The molecule has 0 spiro atoms. The molecule has 1 unspecified atom stereocenters. The molecule has 0 saturated carbocycles. The van der Waals surface area contributed by atoms with Crippen LogP contribution in [0.2, 0.25) is 10.0 Å². The van der Waals surface area contributed by atoms with Gasteiger partial charge < -0.3 is 9.47 Å². The van der Waals surface area contributed by atoms with Crippen molar-refractivity contribution in [1.29, 1.82) is 0 Å². The summed E-state index contributed by atoms with van der Waals surface area (Å²) in [6, 6.07) is 10.8. The van der Waals surface area contributed by atoms with Crippen LogP contribution in [0.5, 0.6) is 5.75 Å². The Labute approximate surface area is 175 Å². The number of benzene rings is 1. The number of halogens is 2. The van der Waals surface area contributed by atoms with Crippen LogP contribution < -0.4 is 4.74 Å². The fourth-order valence-electron chi connectivity index (χ4n) is 3.12. The van der Waals surface area contributed by atoms with Gasteiger partial charge in [-0.3, -0.25) is 9.88 Å². The van der Waals surface area contributed by atoms with Crippen LogP contribution in [0, 0.1) is 0 Å². The second-order valence-corrected chi connectivity index (χ2v) is 8.59. The fourth-order valence-corrected chi connectivity index (χ4v) is 3.58. The maximum absolute atomic E-state index is 12.5. The molecule has 1 aliphatic heterocycles. The number of hydrogen-bond acceptors (Lipinski definition) is 4. The van der Waals surface area contributed by atoms with Gasteiger partial charge >= 0.3 is 6.09 Å². The Balaban J connectivity index is 1.70. The maximum atomic E-state index is 12.5. The molecule has 2 heterocycles. The summed E-state index contributed by atoms with van der Waals surface area (Å²) in [6.45, 7) is 6.55. The van der Waals surface area contributed by atoms with Crippen LogP contribution in [0.4, 0.5) is 4.79 Å². The highest BCUT2D eigenvalue weighted by Crippen LogP contribution is 2.33. The maximum Gasteiger partial charge on any atom is 0.410 e. The number of amides is 1. The van der Waals surface area contributed by atoms with Gasteiger partial charge in [0.15, 0.2) is 0 Å². The van der Waals surface area contributed by atoms with Gasteiger partial charge in [0.05, 0.1) is 22.5 Å². The third-order valence-corrected chi connectivity index (χ3v) is 4.85. The van der Waals surface area contributed by atoms with E-state index in [1.807, 2.05) is 39.0 Å². The highest BCUT2D eigenvalue weighted by atomic mass is 35.5.